The zero-order valence-electron chi connectivity index (χ0n) is 11.6. The van der Waals surface area contributed by atoms with Crippen LogP contribution in [0.4, 0.5) is 5.82 Å². The molecule has 0 atom stereocenters. The number of aryl methyl sites for hydroxylation is 1. The first-order valence-corrected chi connectivity index (χ1v) is 7.13. The number of rotatable bonds is 3. The highest BCUT2D eigenvalue weighted by molar-refractivity contribution is 6.30. The van der Waals surface area contributed by atoms with Gasteiger partial charge < -0.3 is 5.73 Å². The second kappa shape index (κ2) is 5.58. The van der Waals surface area contributed by atoms with Crippen LogP contribution in [-0.2, 0) is 6.42 Å². The molecule has 0 aliphatic carbocycles. The van der Waals surface area contributed by atoms with E-state index in [2.05, 4.69) is 29.4 Å². The Kier molecular flexibility index (Phi) is 3.62. The number of hydrogen-bond donors (Lipinski definition) is 1. The van der Waals surface area contributed by atoms with Gasteiger partial charge in [0, 0.05) is 10.6 Å². The topological polar surface area (TPSA) is 56.7 Å². The highest BCUT2D eigenvalue weighted by Crippen LogP contribution is 2.26. The van der Waals surface area contributed by atoms with Crippen LogP contribution in [0.25, 0.3) is 16.9 Å². The summed E-state index contributed by atoms with van der Waals surface area (Å²) in [5.74, 6) is 0.515. The van der Waals surface area contributed by atoms with Gasteiger partial charge in [-0.25, -0.2) is 0 Å². The summed E-state index contributed by atoms with van der Waals surface area (Å²) in [6.45, 7) is 2.12. The van der Waals surface area contributed by atoms with E-state index in [9.17, 15) is 0 Å². The molecule has 3 rings (SSSR count). The van der Waals surface area contributed by atoms with Crippen LogP contribution in [0, 0.1) is 0 Å². The Balaban J connectivity index is 2.00. The van der Waals surface area contributed by atoms with Crippen molar-refractivity contribution in [3.05, 3.63) is 59.1 Å². The van der Waals surface area contributed by atoms with Crippen molar-refractivity contribution in [1.82, 2.24) is 15.0 Å². The molecular formula is C16H15ClN4. The van der Waals surface area contributed by atoms with E-state index >= 15 is 0 Å². The Morgan fingerprint density at radius 2 is 1.71 bits per heavy atom. The predicted molar refractivity (Wildman–Crippen MR) is 85.6 cm³/mol. The second-order valence-corrected chi connectivity index (χ2v) is 5.20. The molecule has 106 valence electrons. The third-order valence-electron chi connectivity index (χ3n) is 3.41. The molecule has 2 N–H and O–H groups in total. The standard InChI is InChI=1S/C16H15ClN4/c1-2-11-3-9-14(10-4-11)21-16(18)15(19-20-21)12-5-7-13(17)8-6-12/h3-10H,2,18H2,1H3. The van der Waals surface area contributed by atoms with Crippen molar-refractivity contribution >= 4 is 17.4 Å². The van der Waals surface area contributed by atoms with Gasteiger partial charge in [0.05, 0.1) is 5.69 Å². The fourth-order valence-corrected chi connectivity index (χ4v) is 2.29. The Morgan fingerprint density at radius 3 is 2.33 bits per heavy atom. The van der Waals surface area contributed by atoms with Crippen molar-refractivity contribution in [2.75, 3.05) is 5.73 Å². The monoisotopic (exact) mass is 298 g/mol. The molecule has 0 fully saturated rings. The van der Waals surface area contributed by atoms with E-state index in [0.717, 1.165) is 17.7 Å². The minimum Gasteiger partial charge on any atom is -0.382 e. The van der Waals surface area contributed by atoms with Gasteiger partial charge in [0.15, 0.2) is 5.82 Å². The zero-order chi connectivity index (χ0) is 14.8. The third-order valence-corrected chi connectivity index (χ3v) is 3.66. The molecule has 1 heterocycles. The van der Waals surface area contributed by atoms with Gasteiger partial charge in [-0.3, -0.25) is 0 Å². The molecule has 0 radical (unpaired) electrons. The van der Waals surface area contributed by atoms with Crippen LogP contribution in [0.1, 0.15) is 12.5 Å². The van der Waals surface area contributed by atoms with E-state index in [0.29, 0.717) is 16.5 Å². The molecule has 0 spiro atoms. The summed E-state index contributed by atoms with van der Waals surface area (Å²) >= 11 is 5.90. The molecule has 5 heteroatoms. The van der Waals surface area contributed by atoms with Gasteiger partial charge in [-0.1, -0.05) is 48.0 Å². The van der Waals surface area contributed by atoms with Gasteiger partial charge in [0.2, 0.25) is 0 Å². The van der Waals surface area contributed by atoms with E-state index in [1.165, 1.54) is 5.56 Å². The molecule has 21 heavy (non-hydrogen) atoms. The van der Waals surface area contributed by atoms with E-state index in [4.69, 9.17) is 17.3 Å². The lowest BCUT2D eigenvalue weighted by atomic mass is 10.1. The molecule has 0 aliphatic heterocycles. The maximum Gasteiger partial charge on any atom is 0.155 e. The number of benzene rings is 2. The Morgan fingerprint density at radius 1 is 1.05 bits per heavy atom. The normalized spacial score (nSPS) is 10.8. The lowest BCUT2D eigenvalue weighted by Gasteiger charge is -2.05. The largest absolute Gasteiger partial charge is 0.382 e. The van der Waals surface area contributed by atoms with Crippen molar-refractivity contribution in [3.8, 4) is 16.9 Å². The van der Waals surface area contributed by atoms with Crippen molar-refractivity contribution in [1.29, 1.82) is 0 Å². The second-order valence-electron chi connectivity index (χ2n) is 4.76. The van der Waals surface area contributed by atoms with Gasteiger partial charge in [0.1, 0.15) is 5.69 Å². The summed E-state index contributed by atoms with van der Waals surface area (Å²) in [6, 6.07) is 15.5. The Labute approximate surface area is 128 Å². The maximum absolute atomic E-state index is 6.18. The lowest BCUT2D eigenvalue weighted by Crippen LogP contribution is -2.02. The summed E-state index contributed by atoms with van der Waals surface area (Å²) in [5, 5.41) is 9.01. The lowest BCUT2D eigenvalue weighted by molar-refractivity contribution is 0.810. The molecule has 1 aromatic heterocycles. The number of anilines is 1. The first-order valence-electron chi connectivity index (χ1n) is 6.75. The SMILES string of the molecule is CCc1ccc(-n2nnc(-c3ccc(Cl)cc3)c2N)cc1. The summed E-state index contributed by atoms with van der Waals surface area (Å²) < 4.78 is 1.64. The number of nitrogens with zero attached hydrogens (tertiary/aromatic N) is 3. The molecule has 0 unspecified atom stereocenters. The molecule has 2 aromatic carbocycles. The van der Waals surface area contributed by atoms with Crippen molar-refractivity contribution in [3.63, 3.8) is 0 Å². The molecular weight excluding hydrogens is 284 g/mol. The Hall–Kier alpha value is -2.33. The van der Waals surface area contributed by atoms with Crippen LogP contribution in [0.5, 0.6) is 0 Å². The first kappa shape index (κ1) is 13.6. The summed E-state index contributed by atoms with van der Waals surface area (Å²) in [7, 11) is 0. The number of nitrogens with two attached hydrogens (primary N) is 1. The average Bonchev–Trinajstić information content (AvgIpc) is 2.90. The van der Waals surface area contributed by atoms with Gasteiger partial charge in [-0.15, -0.1) is 5.10 Å². The van der Waals surface area contributed by atoms with Crippen LogP contribution in [0.2, 0.25) is 5.02 Å². The minimum atomic E-state index is 0.515. The molecule has 0 aliphatic rings. The molecule has 3 aromatic rings. The molecule has 0 amide bonds. The highest BCUT2D eigenvalue weighted by atomic mass is 35.5. The van der Waals surface area contributed by atoms with Gasteiger partial charge in [-0.05, 0) is 36.2 Å². The summed E-state index contributed by atoms with van der Waals surface area (Å²) in [5.41, 5.74) is 9.91. The van der Waals surface area contributed by atoms with Crippen LogP contribution < -0.4 is 5.73 Å². The van der Waals surface area contributed by atoms with Gasteiger partial charge >= 0.3 is 0 Å². The molecule has 0 bridgehead atoms. The molecule has 0 saturated carbocycles. The third kappa shape index (κ3) is 2.62. The van der Waals surface area contributed by atoms with Gasteiger partial charge in [-0.2, -0.15) is 4.68 Å². The molecule has 0 saturated heterocycles. The van der Waals surface area contributed by atoms with Crippen LogP contribution in [0.3, 0.4) is 0 Å². The van der Waals surface area contributed by atoms with E-state index in [1.54, 1.807) is 4.68 Å². The number of aromatic nitrogens is 3. The maximum atomic E-state index is 6.18. The van der Waals surface area contributed by atoms with Gasteiger partial charge in [0.25, 0.3) is 0 Å². The quantitative estimate of drug-likeness (QED) is 0.801. The smallest absolute Gasteiger partial charge is 0.155 e. The highest BCUT2D eigenvalue weighted by Gasteiger charge is 2.12. The Bertz CT molecular complexity index is 745. The van der Waals surface area contributed by atoms with E-state index < -0.39 is 0 Å². The zero-order valence-corrected chi connectivity index (χ0v) is 12.4. The molecule has 4 nitrogen and oxygen atoms in total. The fraction of sp³-hybridized carbons (Fsp3) is 0.125. The van der Waals surface area contributed by atoms with E-state index in [-0.39, 0.29) is 0 Å². The number of nitrogen functional groups attached to an aromatic ring is 1. The van der Waals surface area contributed by atoms with Crippen molar-refractivity contribution in [2.24, 2.45) is 0 Å². The average molecular weight is 299 g/mol. The van der Waals surface area contributed by atoms with E-state index in [1.807, 2.05) is 36.4 Å². The van der Waals surface area contributed by atoms with Crippen LogP contribution in [-0.4, -0.2) is 15.0 Å². The predicted octanol–water partition coefficient (Wildman–Crippen LogP) is 3.73. The first-order chi connectivity index (χ1) is 10.2. The van der Waals surface area contributed by atoms with Crippen molar-refractivity contribution < 1.29 is 0 Å². The minimum absolute atomic E-state index is 0.515. The fourth-order valence-electron chi connectivity index (χ4n) is 2.17. The number of halogens is 1. The summed E-state index contributed by atoms with van der Waals surface area (Å²) in [4.78, 5) is 0. The van der Waals surface area contributed by atoms with Crippen LogP contribution in [0.15, 0.2) is 48.5 Å². The van der Waals surface area contributed by atoms with Crippen molar-refractivity contribution in [2.45, 2.75) is 13.3 Å². The number of hydrogen-bond acceptors (Lipinski definition) is 3. The summed E-state index contributed by atoms with van der Waals surface area (Å²) in [6.07, 6.45) is 1.00. The van der Waals surface area contributed by atoms with Crippen LogP contribution >= 0.6 is 11.6 Å².